The van der Waals surface area contributed by atoms with Crippen LogP contribution in [0.1, 0.15) is 168 Å². The second-order valence-corrected chi connectivity index (χ2v) is 9.65. The van der Waals surface area contributed by atoms with Gasteiger partial charge in [-0.3, -0.25) is 0 Å². The lowest BCUT2D eigenvalue weighted by molar-refractivity contribution is 0.177. The Kier molecular flexibility index (Phi) is 26.0. The van der Waals surface area contributed by atoms with E-state index in [0.29, 0.717) is 0 Å². The van der Waals surface area contributed by atoms with E-state index in [4.69, 9.17) is 0 Å². The largest absolute Gasteiger partial charge is 0.237 e. The molecule has 1 nitrogen and oxygen atoms in total. The Morgan fingerprint density at radius 3 is 0.966 bits per heavy atom. The van der Waals surface area contributed by atoms with E-state index in [1.54, 1.807) is 0 Å². The van der Waals surface area contributed by atoms with Crippen molar-refractivity contribution in [3.05, 3.63) is 0 Å². The summed E-state index contributed by atoms with van der Waals surface area (Å²) in [7, 11) is 0. The normalized spacial score (nSPS) is 11.6. The molecule has 0 N–H and O–H groups in total. The van der Waals surface area contributed by atoms with Gasteiger partial charge in [0.05, 0.1) is 6.61 Å². The molecule has 0 unspecified atom stereocenters. The molecule has 175 valence electrons. The van der Waals surface area contributed by atoms with Crippen molar-refractivity contribution in [2.24, 2.45) is 5.92 Å². The van der Waals surface area contributed by atoms with Gasteiger partial charge in [0.25, 0.3) is 0 Å². The van der Waals surface area contributed by atoms with Crippen molar-refractivity contribution in [1.82, 2.24) is 0 Å². The zero-order chi connectivity index (χ0) is 21.3. The number of rotatable bonds is 25. The highest BCUT2D eigenvalue weighted by molar-refractivity contribution is 4.61. The predicted molar refractivity (Wildman–Crippen MR) is 131 cm³/mol. The summed E-state index contributed by atoms with van der Waals surface area (Å²) in [5.74, 6) is 0.840. The fraction of sp³-hybridized carbons (Fsp3) is 1.00. The third-order valence-electron chi connectivity index (χ3n) is 6.69. The molecule has 29 heavy (non-hydrogen) atoms. The second kappa shape index (κ2) is 26.0. The Morgan fingerprint density at radius 1 is 0.379 bits per heavy atom. The Bertz CT molecular complexity index is 251. The first kappa shape index (κ1) is 29.0. The quantitative estimate of drug-likeness (QED) is 0.134. The van der Waals surface area contributed by atoms with Crippen molar-refractivity contribution in [3.8, 4) is 0 Å². The van der Waals surface area contributed by atoms with E-state index in [0.717, 1.165) is 12.3 Å². The van der Waals surface area contributed by atoms with Crippen LogP contribution in [0, 0.1) is 5.92 Å². The van der Waals surface area contributed by atoms with Crippen molar-refractivity contribution in [2.75, 3.05) is 6.61 Å². The Hall–Kier alpha value is -0.0400. The molecule has 0 rings (SSSR count). The van der Waals surface area contributed by atoms with Crippen LogP contribution in [0.15, 0.2) is 0 Å². The monoisotopic (exact) mass is 409 g/mol. The molecular formula is C28H57O. The predicted octanol–water partition coefficient (Wildman–Crippen LogP) is 10.4. The molecule has 0 aliphatic rings. The Balaban J connectivity index is 3.52. The summed E-state index contributed by atoms with van der Waals surface area (Å²) in [5.41, 5.74) is 0. The van der Waals surface area contributed by atoms with Crippen LogP contribution in [0.25, 0.3) is 0 Å². The number of hydrogen-bond acceptors (Lipinski definition) is 0. The van der Waals surface area contributed by atoms with Gasteiger partial charge in [-0.25, -0.2) is 5.11 Å². The highest BCUT2D eigenvalue weighted by Gasteiger charge is 2.08. The molecule has 0 fully saturated rings. The average molecular weight is 410 g/mol. The van der Waals surface area contributed by atoms with Crippen molar-refractivity contribution >= 4 is 0 Å². The Labute approximate surface area is 185 Å². The van der Waals surface area contributed by atoms with E-state index < -0.39 is 0 Å². The maximum Gasteiger partial charge on any atom is 0.0822 e. The smallest absolute Gasteiger partial charge is 0.0822 e. The second-order valence-electron chi connectivity index (χ2n) is 9.65. The van der Waals surface area contributed by atoms with Gasteiger partial charge in [0.1, 0.15) is 0 Å². The number of hydrogen-bond donors (Lipinski definition) is 0. The van der Waals surface area contributed by atoms with Crippen molar-refractivity contribution in [3.63, 3.8) is 0 Å². The summed E-state index contributed by atoms with van der Waals surface area (Å²) >= 11 is 0. The van der Waals surface area contributed by atoms with Gasteiger partial charge in [0.15, 0.2) is 0 Å². The van der Waals surface area contributed by atoms with Crippen LogP contribution >= 0.6 is 0 Å². The van der Waals surface area contributed by atoms with Gasteiger partial charge in [-0.1, -0.05) is 155 Å². The molecule has 0 aliphatic heterocycles. The SMILES string of the molecule is CCCCCCCCCCCCC(CCC[O])CCCCCCCCCCCC. The van der Waals surface area contributed by atoms with Gasteiger partial charge < -0.3 is 0 Å². The molecule has 0 saturated carbocycles. The zero-order valence-corrected chi connectivity index (χ0v) is 20.7. The highest BCUT2D eigenvalue weighted by atomic mass is 16.2. The minimum atomic E-state index is 0.132. The van der Waals surface area contributed by atoms with Crippen LogP contribution in [-0.4, -0.2) is 6.61 Å². The molecule has 0 aromatic heterocycles. The van der Waals surface area contributed by atoms with Gasteiger partial charge in [0, 0.05) is 0 Å². The number of unbranched alkanes of at least 4 members (excludes halogenated alkanes) is 18. The van der Waals surface area contributed by atoms with E-state index in [2.05, 4.69) is 13.8 Å². The van der Waals surface area contributed by atoms with Crippen molar-refractivity contribution < 1.29 is 5.11 Å². The van der Waals surface area contributed by atoms with E-state index in [1.807, 2.05) is 0 Å². The Morgan fingerprint density at radius 2 is 0.655 bits per heavy atom. The van der Waals surface area contributed by atoms with Crippen LogP contribution < -0.4 is 0 Å². The maximum atomic E-state index is 10.9. The molecule has 0 aromatic carbocycles. The first-order valence-electron chi connectivity index (χ1n) is 13.9. The molecule has 0 aliphatic carbocycles. The minimum absolute atomic E-state index is 0.132. The van der Waals surface area contributed by atoms with E-state index in [9.17, 15) is 5.11 Å². The van der Waals surface area contributed by atoms with Gasteiger partial charge in [-0.2, -0.15) is 0 Å². The summed E-state index contributed by atoms with van der Waals surface area (Å²) in [6, 6.07) is 0. The average Bonchev–Trinajstić information content (AvgIpc) is 2.74. The van der Waals surface area contributed by atoms with Crippen LogP contribution in [0.5, 0.6) is 0 Å². The molecule has 1 heteroatoms. The zero-order valence-electron chi connectivity index (χ0n) is 20.7. The molecule has 0 atom stereocenters. The van der Waals surface area contributed by atoms with Gasteiger partial charge in [-0.05, 0) is 18.8 Å². The van der Waals surface area contributed by atoms with Crippen molar-refractivity contribution in [1.29, 1.82) is 0 Å². The van der Waals surface area contributed by atoms with E-state index in [1.165, 1.54) is 148 Å². The molecule has 0 saturated heterocycles. The molecule has 0 amide bonds. The molecule has 0 heterocycles. The highest BCUT2D eigenvalue weighted by Crippen LogP contribution is 2.23. The lowest BCUT2D eigenvalue weighted by Crippen LogP contribution is -2.02. The lowest BCUT2D eigenvalue weighted by Gasteiger charge is -2.16. The van der Waals surface area contributed by atoms with Crippen LogP contribution in [0.4, 0.5) is 0 Å². The summed E-state index contributed by atoms with van der Waals surface area (Å²) < 4.78 is 0. The third-order valence-corrected chi connectivity index (χ3v) is 6.69. The van der Waals surface area contributed by atoms with Gasteiger partial charge >= 0.3 is 0 Å². The van der Waals surface area contributed by atoms with Crippen LogP contribution in [-0.2, 0) is 5.11 Å². The van der Waals surface area contributed by atoms with E-state index in [-0.39, 0.29) is 6.61 Å². The molecule has 0 spiro atoms. The molecule has 1 radical (unpaired) electrons. The third kappa shape index (κ3) is 24.1. The minimum Gasteiger partial charge on any atom is -0.237 e. The van der Waals surface area contributed by atoms with Crippen LogP contribution in [0.3, 0.4) is 0 Å². The molecular weight excluding hydrogens is 352 g/mol. The first-order chi connectivity index (χ1) is 14.3. The van der Waals surface area contributed by atoms with Gasteiger partial charge in [-0.15, -0.1) is 0 Å². The van der Waals surface area contributed by atoms with Crippen LogP contribution in [0.2, 0.25) is 0 Å². The topological polar surface area (TPSA) is 19.9 Å². The fourth-order valence-corrected chi connectivity index (χ4v) is 4.65. The summed E-state index contributed by atoms with van der Waals surface area (Å²) in [6.45, 7) is 4.72. The first-order valence-corrected chi connectivity index (χ1v) is 13.9. The molecule has 0 aromatic rings. The summed E-state index contributed by atoms with van der Waals surface area (Å²) in [5, 5.41) is 10.9. The van der Waals surface area contributed by atoms with Gasteiger partial charge in [0.2, 0.25) is 0 Å². The van der Waals surface area contributed by atoms with E-state index >= 15 is 0 Å². The fourth-order valence-electron chi connectivity index (χ4n) is 4.65. The van der Waals surface area contributed by atoms with Crippen molar-refractivity contribution in [2.45, 2.75) is 168 Å². The lowest BCUT2D eigenvalue weighted by atomic mass is 9.90. The maximum absolute atomic E-state index is 10.9. The summed E-state index contributed by atoms with van der Waals surface area (Å²) in [6.07, 6.45) is 33.4. The molecule has 0 bridgehead atoms. The summed E-state index contributed by atoms with van der Waals surface area (Å²) in [4.78, 5) is 0. The standard InChI is InChI=1S/C28H57O/c1-3-5-7-9-11-13-15-17-19-21-24-28(26-23-27-29)25-22-20-18-16-14-12-10-8-6-4-2/h28H,3-27H2,1-2H3.